The summed E-state index contributed by atoms with van der Waals surface area (Å²) in [5, 5.41) is 7.72. The van der Waals surface area contributed by atoms with Crippen LogP contribution in [-0.2, 0) is 4.79 Å². The molecule has 0 unspecified atom stereocenters. The first-order valence-corrected chi connectivity index (χ1v) is 1.49. The fourth-order valence-electron chi connectivity index (χ4n) is 0. The van der Waals surface area contributed by atoms with E-state index in [1.807, 2.05) is 0 Å². The highest BCUT2D eigenvalue weighted by Crippen LogP contribution is 1.67. The van der Waals surface area contributed by atoms with E-state index in [1.54, 1.807) is 6.92 Å². The van der Waals surface area contributed by atoms with Gasteiger partial charge in [-0.05, 0) is 0 Å². The zero-order valence-electron chi connectivity index (χ0n) is 3.47. The van der Waals surface area contributed by atoms with Gasteiger partial charge in [0.2, 0.25) is 0 Å². The average Bonchev–Trinajstić information content (AvgIpc) is 1.38. The molecule has 0 aliphatic rings. The molecule has 3 heteroatoms. The lowest BCUT2D eigenvalue weighted by Gasteiger charge is -1.71. The molecule has 0 spiro atoms. The van der Waals surface area contributed by atoms with Crippen LogP contribution in [-0.4, -0.2) is 11.1 Å². The van der Waals surface area contributed by atoms with Gasteiger partial charge in [0.25, 0.3) is 0 Å². The van der Waals surface area contributed by atoms with E-state index in [0.717, 1.165) is 0 Å². The predicted octanol–water partition coefficient (Wildman–Crippen LogP) is 1.13. The lowest BCUT2D eigenvalue weighted by atomic mass is 10.5. The molecule has 0 atom stereocenters. The van der Waals surface area contributed by atoms with Crippen molar-refractivity contribution >= 4 is 19.5 Å². The van der Waals surface area contributed by atoms with Crippen LogP contribution in [0.15, 0.2) is 0 Å². The Kier molecular flexibility index (Phi) is 7.44. The van der Waals surface area contributed by atoms with Crippen LogP contribution >= 0.6 is 13.5 Å². The van der Waals surface area contributed by atoms with Gasteiger partial charge >= 0.3 is 5.97 Å². The molecule has 6 heavy (non-hydrogen) atoms. The van der Waals surface area contributed by atoms with Crippen molar-refractivity contribution in [2.24, 2.45) is 0 Å². The van der Waals surface area contributed by atoms with Crippen LogP contribution in [0, 0.1) is 0 Å². The zero-order chi connectivity index (χ0) is 4.28. The Balaban J connectivity index is 0. The number of hydrogen-bond donors (Lipinski definition) is 1. The van der Waals surface area contributed by atoms with E-state index in [1.165, 1.54) is 0 Å². The molecule has 2 nitrogen and oxygen atoms in total. The van der Waals surface area contributed by atoms with Gasteiger partial charge < -0.3 is 5.11 Å². The minimum absolute atomic E-state index is 0. The number of aliphatic carboxylic acids is 1. The monoisotopic (exact) mass is 106 g/mol. The van der Waals surface area contributed by atoms with Gasteiger partial charge in [-0.3, -0.25) is 4.79 Å². The molecule has 0 aromatic rings. The minimum atomic E-state index is -0.745. The van der Waals surface area contributed by atoms with Gasteiger partial charge in [-0.1, -0.05) is 6.92 Å². The molecule has 0 bridgehead atoms. The predicted molar refractivity (Wildman–Crippen MR) is 25.5 cm³/mol. The summed E-state index contributed by atoms with van der Waals surface area (Å²) >= 11 is 0. The third kappa shape index (κ3) is 9.17. The summed E-state index contributed by atoms with van der Waals surface area (Å²) in [5.74, 6) is -0.745. The second-order valence-electron chi connectivity index (χ2n) is 0.747. The van der Waals surface area contributed by atoms with Crippen LogP contribution in [0.25, 0.3) is 0 Å². The Morgan fingerprint density at radius 1 is 1.83 bits per heavy atom. The highest BCUT2D eigenvalue weighted by Gasteiger charge is 1.80. The normalized spacial score (nSPS) is 6.17. The van der Waals surface area contributed by atoms with Crippen molar-refractivity contribution in [2.45, 2.75) is 13.3 Å². The van der Waals surface area contributed by atoms with Gasteiger partial charge in [-0.25, -0.2) is 0 Å². The summed E-state index contributed by atoms with van der Waals surface area (Å²) in [6.45, 7) is 1.60. The molecule has 0 aliphatic heterocycles. The molecule has 36 valence electrons. The fraction of sp³-hybridized carbons (Fsp3) is 0.667. The molecule has 0 aromatic carbocycles. The van der Waals surface area contributed by atoms with Crippen molar-refractivity contribution in [3.8, 4) is 0 Å². The first kappa shape index (κ1) is 9.27. The van der Waals surface area contributed by atoms with Crippen LogP contribution in [0.4, 0.5) is 0 Å². The van der Waals surface area contributed by atoms with Gasteiger partial charge in [0.15, 0.2) is 0 Å². The second kappa shape index (κ2) is 4.82. The van der Waals surface area contributed by atoms with E-state index in [-0.39, 0.29) is 19.9 Å². The third-order valence-corrected chi connectivity index (χ3v) is 0.302. The van der Waals surface area contributed by atoms with Gasteiger partial charge in [0.1, 0.15) is 0 Å². The Bertz CT molecular complexity index is 44.1. The molecule has 1 N–H and O–H groups in total. The largest absolute Gasteiger partial charge is 0.481 e. The Morgan fingerprint density at radius 2 is 2.00 bits per heavy atom. The van der Waals surface area contributed by atoms with Gasteiger partial charge in [0.05, 0.1) is 0 Å². The molecular formula is C3H6O2S. The van der Waals surface area contributed by atoms with E-state index < -0.39 is 5.97 Å². The lowest BCUT2D eigenvalue weighted by Crippen LogP contribution is -1.86. The summed E-state index contributed by atoms with van der Waals surface area (Å²) in [7, 11) is 0. The first-order valence-electron chi connectivity index (χ1n) is 1.49. The van der Waals surface area contributed by atoms with Crippen molar-refractivity contribution in [3.05, 3.63) is 0 Å². The first-order chi connectivity index (χ1) is 2.27. The smallest absolute Gasteiger partial charge is 0.303 e. The van der Waals surface area contributed by atoms with E-state index in [2.05, 4.69) is 0 Å². The van der Waals surface area contributed by atoms with Crippen molar-refractivity contribution in [1.82, 2.24) is 0 Å². The SMILES string of the molecule is CCC(=O)O.[S]. The van der Waals surface area contributed by atoms with E-state index in [4.69, 9.17) is 5.11 Å². The molecule has 2 radical (unpaired) electrons. The highest BCUT2D eigenvalue weighted by molar-refractivity contribution is 7.59. The topological polar surface area (TPSA) is 37.3 Å². The van der Waals surface area contributed by atoms with E-state index in [0.29, 0.717) is 0 Å². The third-order valence-electron chi connectivity index (χ3n) is 0.302. The summed E-state index contributed by atoms with van der Waals surface area (Å²) in [5.41, 5.74) is 0. The summed E-state index contributed by atoms with van der Waals surface area (Å²) < 4.78 is 0. The molecule has 0 fully saturated rings. The van der Waals surface area contributed by atoms with Crippen LogP contribution < -0.4 is 0 Å². The molecule has 0 aromatic heterocycles. The van der Waals surface area contributed by atoms with Crippen LogP contribution in [0.1, 0.15) is 13.3 Å². The molecule has 0 amide bonds. The summed E-state index contributed by atoms with van der Waals surface area (Å²) in [6.07, 6.45) is 0.222. The van der Waals surface area contributed by atoms with Crippen LogP contribution in [0.2, 0.25) is 0 Å². The zero-order valence-corrected chi connectivity index (χ0v) is 4.29. The van der Waals surface area contributed by atoms with Crippen molar-refractivity contribution in [1.29, 1.82) is 0 Å². The summed E-state index contributed by atoms with van der Waals surface area (Å²) in [6, 6.07) is 0. The fourth-order valence-corrected chi connectivity index (χ4v) is 0. The summed E-state index contributed by atoms with van der Waals surface area (Å²) in [4.78, 5) is 9.37. The number of hydrogen-bond acceptors (Lipinski definition) is 1. The molecule has 0 saturated carbocycles. The standard InChI is InChI=1S/C3H6O2.S/c1-2-3(4)5;/h2H2,1H3,(H,4,5);. The van der Waals surface area contributed by atoms with E-state index >= 15 is 0 Å². The number of rotatable bonds is 1. The van der Waals surface area contributed by atoms with Crippen molar-refractivity contribution in [2.75, 3.05) is 0 Å². The lowest BCUT2D eigenvalue weighted by molar-refractivity contribution is -0.136. The molecule has 0 aliphatic carbocycles. The molecular weight excluding hydrogens is 100 g/mol. The number of carbonyl (C=O) groups is 1. The number of carboxylic acids is 1. The second-order valence-corrected chi connectivity index (χ2v) is 0.747. The minimum Gasteiger partial charge on any atom is -0.481 e. The Hall–Kier alpha value is -0.180. The van der Waals surface area contributed by atoms with Crippen molar-refractivity contribution < 1.29 is 9.90 Å². The maximum atomic E-state index is 9.37. The Labute approximate surface area is 43.6 Å². The maximum absolute atomic E-state index is 9.37. The van der Waals surface area contributed by atoms with Gasteiger partial charge in [-0.15, -0.1) is 0 Å². The molecule has 0 rings (SSSR count). The molecule has 0 heterocycles. The number of carboxylic acid groups (broad SMARTS) is 1. The van der Waals surface area contributed by atoms with Crippen LogP contribution in [0.3, 0.4) is 0 Å². The quantitative estimate of drug-likeness (QED) is 0.544. The Morgan fingerprint density at radius 3 is 2.00 bits per heavy atom. The molecule has 0 saturated heterocycles. The highest BCUT2D eigenvalue weighted by atomic mass is 32.1. The van der Waals surface area contributed by atoms with Crippen molar-refractivity contribution in [3.63, 3.8) is 0 Å². The van der Waals surface area contributed by atoms with E-state index in [9.17, 15) is 4.79 Å². The average molecular weight is 106 g/mol. The maximum Gasteiger partial charge on any atom is 0.303 e. The van der Waals surface area contributed by atoms with Crippen LogP contribution in [0.5, 0.6) is 0 Å². The van der Waals surface area contributed by atoms with Gasteiger partial charge in [-0.2, -0.15) is 0 Å². The van der Waals surface area contributed by atoms with Gasteiger partial charge in [0, 0.05) is 19.9 Å².